The minimum absolute atomic E-state index is 0.0184. The van der Waals surface area contributed by atoms with Gasteiger partial charge in [-0.1, -0.05) is 13.0 Å². The van der Waals surface area contributed by atoms with Crippen molar-refractivity contribution in [2.24, 2.45) is 5.92 Å². The number of carbonyl (C=O) groups excluding carboxylic acids is 1. The molecule has 1 saturated heterocycles. The fourth-order valence-corrected chi connectivity index (χ4v) is 2.43. The lowest BCUT2D eigenvalue weighted by atomic mass is 9.99. The topological polar surface area (TPSA) is 45.2 Å². The lowest BCUT2D eigenvalue weighted by Crippen LogP contribution is -2.41. The van der Waals surface area contributed by atoms with Gasteiger partial charge in [-0.05, 0) is 50.4 Å². The summed E-state index contributed by atoms with van der Waals surface area (Å²) < 4.78 is 0. The van der Waals surface area contributed by atoms with E-state index in [-0.39, 0.29) is 11.9 Å². The Morgan fingerprint density at radius 1 is 1.53 bits per heavy atom. The van der Waals surface area contributed by atoms with Crippen LogP contribution in [-0.4, -0.2) is 35.4 Å². The Morgan fingerprint density at radius 3 is 2.89 bits per heavy atom. The number of nitrogens with zero attached hydrogens (tertiary/aromatic N) is 2. The van der Waals surface area contributed by atoms with Gasteiger partial charge < -0.3 is 5.32 Å². The molecule has 1 N–H and O–H groups in total. The second-order valence-electron chi connectivity index (χ2n) is 5.53. The first-order valence-electron chi connectivity index (χ1n) is 7.07. The van der Waals surface area contributed by atoms with Crippen LogP contribution in [0, 0.1) is 5.92 Å². The molecule has 1 aliphatic rings. The average Bonchev–Trinajstić information content (AvgIpc) is 2.42. The van der Waals surface area contributed by atoms with Crippen molar-refractivity contribution in [1.82, 2.24) is 15.2 Å². The Morgan fingerprint density at radius 2 is 2.26 bits per heavy atom. The summed E-state index contributed by atoms with van der Waals surface area (Å²) >= 11 is 0. The van der Waals surface area contributed by atoms with Gasteiger partial charge in [-0.3, -0.25) is 14.7 Å². The van der Waals surface area contributed by atoms with E-state index >= 15 is 0 Å². The number of amides is 1. The van der Waals surface area contributed by atoms with E-state index in [1.807, 2.05) is 19.1 Å². The number of rotatable bonds is 4. The molecule has 2 rings (SSSR count). The van der Waals surface area contributed by atoms with Crippen LogP contribution in [0.1, 0.15) is 38.3 Å². The van der Waals surface area contributed by atoms with Crippen molar-refractivity contribution < 1.29 is 4.79 Å². The van der Waals surface area contributed by atoms with Gasteiger partial charge in [0.15, 0.2) is 0 Å². The molecular formula is C15H23N3O. The lowest BCUT2D eigenvalue weighted by Gasteiger charge is -2.29. The minimum atomic E-state index is 0.0184. The van der Waals surface area contributed by atoms with Gasteiger partial charge in [-0.15, -0.1) is 0 Å². The van der Waals surface area contributed by atoms with E-state index in [1.54, 1.807) is 12.4 Å². The lowest BCUT2D eigenvalue weighted by molar-refractivity contribution is -0.123. The van der Waals surface area contributed by atoms with E-state index in [0.717, 1.165) is 24.6 Å². The first-order chi connectivity index (χ1) is 9.15. The Labute approximate surface area is 115 Å². The molecule has 1 aliphatic heterocycles. The highest BCUT2D eigenvalue weighted by Gasteiger charge is 2.18. The van der Waals surface area contributed by atoms with Crippen molar-refractivity contribution in [1.29, 1.82) is 0 Å². The molecule has 1 unspecified atom stereocenters. The summed E-state index contributed by atoms with van der Waals surface area (Å²) in [5.74, 6) is 0.902. The summed E-state index contributed by atoms with van der Waals surface area (Å²) in [6.07, 6.45) is 5.94. The van der Waals surface area contributed by atoms with E-state index < -0.39 is 0 Å². The average molecular weight is 261 g/mol. The molecule has 0 saturated carbocycles. The predicted octanol–water partition coefficient (Wildman–Crippen LogP) is 1.99. The van der Waals surface area contributed by atoms with Crippen LogP contribution in [-0.2, 0) is 4.79 Å². The monoisotopic (exact) mass is 261 g/mol. The molecule has 19 heavy (non-hydrogen) atoms. The second-order valence-corrected chi connectivity index (χ2v) is 5.53. The first kappa shape index (κ1) is 14.0. The molecule has 1 amide bonds. The Kier molecular flexibility index (Phi) is 4.91. The number of pyridine rings is 1. The van der Waals surface area contributed by atoms with Gasteiger partial charge in [0.25, 0.3) is 0 Å². The molecule has 104 valence electrons. The van der Waals surface area contributed by atoms with Crippen LogP contribution in [0.15, 0.2) is 24.5 Å². The molecule has 0 bridgehead atoms. The van der Waals surface area contributed by atoms with Gasteiger partial charge >= 0.3 is 0 Å². The highest BCUT2D eigenvalue weighted by atomic mass is 16.2. The summed E-state index contributed by atoms with van der Waals surface area (Å²) in [5, 5.41) is 3.03. The van der Waals surface area contributed by atoms with Crippen LogP contribution in [0.4, 0.5) is 0 Å². The number of carbonyl (C=O) groups is 1. The number of nitrogens with one attached hydrogen (secondary N) is 1. The zero-order valence-corrected chi connectivity index (χ0v) is 11.8. The third-order valence-electron chi connectivity index (χ3n) is 3.81. The highest BCUT2D eigenvalue weighted by molar-refractivity contribution is 5.78. The number of hydrogen-bond donors (Lipinski definition) is 1. The molecule has 0 aromatic carbocycles. The minimum Gasteiger partial charge on any atom is -0.348 e. The number of piperidine rings is 1. The summed E-state index contributed by atoms with van der Waals surface area (Å²) in [7, 11) is 0. The van der Waals surface area contributed by atoms with E-state index in [9.17, 15) is 4.79 Å². The first-order valence-corrected chi connectivity index (χ1v) is 7.07. The zero-order chi connectivity index (χ0) is 13.7. The smallest absolute Gasteiger partial charge is 0.234 e. The normalized spacial score (nSPS) is 19.1. The highest BCUT2D eigenvalue weighted by Crippen LogP contribution is 2.15. The fraction of sp³-hybridized carbons (Fsp3) is 0.600. The quantitative estimate of drug-likeness (QED) is 0.901. The molecular weight excluding hydrogens is 238 g/mol. The predicted molar refractivity (Wildman–Crippen MR) is 75.6 cm³/mol. The molecule has 2 heterocycles. The van der Waals surface area contributed by atoms with Gasteiger partial charge in [0.1, 0.15) is 0 Å². The van der Waals surface area contributed by atoms with Crippen molar-refractivity contribution >= 4 is 5.91 Å². The SMILES string of the molecule is CC1CCN(CC(=O)NC(C)c2cccnc2)CC1. The van der Waals surface area contributed by atoms with Gasteiger partial charge in [-0.2, -0.15) is 0 Å². The third-order valence-corrected chi connectivity index (χ3v) is 3.81. The molecule has 1 atom stereocenters. The van der Waals surface area contributed by atoms with Crippen LogP contribution in [0.3, 0.4) is 0 Å². The Bertz CT molecular complexity index is 399. The maximum Gasteiger partial charge on any atom is 0.234 e. The number of aromatic nitrogens is 1. The molecule has 1 fully saturated rings. The van der Waals surface area contributed by atoms with E-state index in [2.05, 4.69) is 22.1 Å². The van der Waals surface area contributed by atoms with Crippen LogP contribution in [0.5, 0.6) is 0 Å². The molecule has 0 spiro atoms. The van der Waals surface area contributed by atoms with Gasteiger partial charge in [0.05, 0.1) is 12.6 Å². The van der Waals surface area contributed by atoms with Crippen LogP contribution >= 0.6 is 0 Å². The summed E-state index contributed by atoms with van der Waals surface area (Å²) in [6, 6.07) is 3.90. The zero-order valence-electron chi connectivity index (χ0n) is 11.8. The number of hydrogen-bond acceptors (Lipinski definition) is 3. The van der Waals surface area contributed by atoms with Crippen molar-refractivity contribution in [3.63, 3.8) is 0 Å². The molecule has 4 nitrogen and oxygen atoms in total. The largest absolute Gasteiger partial charge is 0.348 e. The van der Waals surface area contributed by atoms with E-state index in [1.165, 1.54) is 12.8 Å². The third kappa shape index (κ3) is 4.31. The number of likely N-dealkylation sites (tertiary alicyclic amines) is 1. The molecule has 4 heteroatoms. The fourth-order valence-electron chi connectivity index (χ4n) is 2.43. The maximum atomic E-state index is 12.0. The van der Waals surface area contributed by atoms with Crippen molar-refractivity contribution in [2.45, 2.75) is 32.7 Å². The summed E-state index contributed by atoms with van der Waals surface area (Å²) in [6.45, 7) is 6.86. The summed E-state index contributed by atoms with van der Waals surface area (Å²) in [5.41, 5.74) is 1.04. The van der Waals surface area contributed by atoms with Crippen LogP contribution in [0.25, 0.3) is 0 Å². The van der Waals surface area contributed by atoms with Crippen molar-refractivity contribution in [3.8, 4) is 0 Å². The van der Waals surface area contributed by atoms with Crippen molar-refractivity contribution in [2.75, 3.05) is 19.6 Å². The molecule has 1 aromatic rings. The standard InChI is InChI=1S/C15H23N3O/c1-12-5-8-18(9-6-12)11-15(19)17-13(2)14-4-3-7-16-10-14/h3-4,7,10,12-13H,5-6,8-9,11H2,1-2H3,(H,17,19). The molecule has 0 radical (unpaired) electrons. The Balaban J connectivity index is 1.78. The Hall–Kier alpha value is -1.42. The van der Waals surface area contributed by atoms with E-state index in [0.29, 0.717) is 6.54 Å². The van der Waals surface area contributed by atoms with Crippen molar-refractivity contribution in [3.05, 3.63) is 30.1 Å². The van der Waals surface area contributed by atoms with Gasteiger partial charge in [-0.25, -0.2) is 0 Å². The van der Waals surface area contributed by atoms with Gasteiger partial charge in [0, 0.05) is 12.4 Å². The van der Waals surface area contributed by atoms with Gasteiger partial charge in [0.2, 0.25) is 5.91 Å². The van der Waals surface area contributed by atoms with E-state index in [4.69, 9.17) is 0 Å². The van der Waals surface area contributed by atoms with Crippen LogP contribution in [0.2, 0.25) is 0 Å². The maximum absolute atomic E-state index is 12.0. The molecule has 0 aliphatic carbocycles. The second kappa shape index (κ2) is 6.66. The van der Waals surface area contributed by atoms with Crippen LogP contribution < -0.4 is 5.32 Å². The molecule has 1 aromatic heterocycles. The summed E-state index contributed by atoms with van der Waals surface area (Å²) in [4.78, 5) is 18.3.